The van der Waals surface area contributed by atoms with Gasteiger partial charge in [0.2, 0.25) is 0 Å². The van der Waals surface area contributed by atoms with Gasteiger partial charge in [0.1, 0.15) is 13.2 Å². The Hall–Kier alpha value is -2.21. The maximum atomic E-state index is 13.2. The molecule has 0 fully saturated rings. The molecule has 2 aromatic carbocycles. The van der Waals surface area contributed by atoms with Crippen molar-refractivity contribution >= 4 is 15.7 Å². The minimum Gasteiger partial charge on any atom is -0.486 e. The van der Waals surface area contributed by atoms with Crippen LogP contribution in [-0.2, 0) is 10.0 Å². The van der Waals surface area contributed by atoms with Gasteiger partial charge in [-0.25, -0.2) is 8.42 Å². The highest BCUT2D eigenvalue weighted by atomic mass is 32.2. The van der Waals surface area contributed by atoms with E-state index in [0.717, 1.165) is 16.8 Å². The molecule has 0 unspecified atom stereocenters. The van der Waals surface area contributed by atoms with Gasteiger partial charge in [-0.3, -0.25) is 4.31 Å². The van der Waals surface area contributed by atoms with Crippen molar-refractivity contribution in [2.75, 3.05) is 24.1 Å². The third kappa shape index (κ3) is 2.82. The highest BCUT2D eigenvalue weighted by Crippen LogP contribution is 2.35. The molecule has 128 valence electrons. The molecule has 0 aromatic heterocycles. The van der Waals surface area contributed by atoms with Gasteiger partial charge in [0.05, 0.1) is 10.6 Å². The normalized spacial score (nSPS) is 13.6. The van der Waals surface area contributed by atoms with Gasteiger partial charge >= 0.3 is 0 Å². The molecule has 0 atom stereocenters. The number of rotatable bonds is 4. The third-order valence-corrected chi connectivity index (χ3v) is 5.95. The molecule has 1 aliphatic heterocycles. The number of fused-ring (bicyclic) bond motifs is 1. The smallest absolute Gasteiger partial charge is 0.264 e. The molecule has 0 aliphatic carbocycles. The topological polar surface area (TPSA) is 55.8 Å². The van der Waals surface area contributed by atoms with Gasteiger partial charge in [-0.05, 0) is 44.0 Å². The van der Waals surface area contributed by atoms with Gasteiger partial charge in [-0.2, -0.15) is 0 Å². The van der Waals surface area contributed by atoms with Crippen LogP contribution in [0.2, 0.25) is 0 Å². The molecular weight excluding hydrogens is 326 g/mol. The van der Waals surface area contributed by atoms with Crippen LogP contribution in [0.3, 0.4) is 0 Å². The van der Waals surface area contributed by atoms with Crippen LogP contribution in [0.1, 0.15) is 18.1 Å². The maximum absolute atomic E-state index is 13.2. The monoisotopic (exact) mass is 347 g/mol. The standard InChI is InChI=1S/C18H21NO4S/c1-4-19(18-13(2)6-5-7-14(18)3)24(20,21)15-8-9-16-17(12-15)23-11-10-22-16/h5-9,12H,4,10-11H2,1-3H3. The van der Waals surface area contributed by atoms with Crippen molar-refractivity contribution in [3.8, 4) is 11.5 Å². The van der Waals surface area contributed by atoms with Gasteiger partial charge in [0.25, 0.3) is 10.0 Å². The molecule has 3 rings (SSSR count). The number of para-hydroxylation sites is 1. The van der Waals surface area contributed by atoms with E-state index in [9.17, 15) is 8.42 Å². The first-order chi connectivity index (χ1) is 11.4. The molecule has 1 aliphatic rings. The van der Waals surface area contributed by atoms with Crippen LogP contribution in [0.15, 0.2) is 41.3 Å². The second-order valence-corrected chi connectivity index (χ2v) is 7.58. The summed E-state index contributed by atoms with van der Waals surface area (Å²) in [7, 11) is -3.68. The lowest BCUT2D eigenvalue weighted by molar-refractivity contribution is 0.171. The molecule has 0 radical (unpaired) electrons. The van der Waals surface area contributed by atoms with Crippen LogP contribution >= 0.6 is 0 Å². The van der Waals surface area contributed by atoms with Crippen LogP contribution in [0.25, 0.3) is 0 Å². The minimum atomic E-state index is -3.68. The summed E-state index contributed by atoms with van der Waals surface area (Å²) in [4.78, 5) is 0.205. The van der Waals surface area contributed by atoms with Crippen molar-refractivity contribution in [1.29, 1.82) is 0 Å². The summed E-state index contributed by atoms with van der Waals surface area (Å²) in [6.45, 7) is 6.92. The highest BCUT2D eigenvalue weighted by molar-refractivity contribution is 7.92. The molecule has 0 N–H and O–H groups in total. The number of anilines is 1. The fourth-order valence-corrected chi connectivity index (χ4v) is 4.58. The summed E-state index contributed by atoms with van der Waals surface area (Å²) in [6.07, 6.45) is 0. The van der Waals surface area contributed by atoms with Crippen molar-refractivity contribution in [2.24, 2.45) is 0 Å². The lowest BCUT2D eigenvalue weighted by atomic mass is 10.1. The van der Waals surface area contributed by atoms with E-state index in [1.165, 1.54) is 4.31 Å². The average molecular weight is 347 g/mol. The first kappa shape index (κ1) is 16.6. The van der Waals surface area contributed by atoms with Crippen LogP contribution in [0, 0.1) is 13.8 Å². The Bertz CT molecular complexity index is 841. The molecular formula is C18H21NO4S. The van der Waals surface area contributed by atoms with Crippen molar-refractivity contribution in [2.45, 2.75) is 25.7 Å². The zero-order valence-electron chi connectivity index (χ0n) is 14.1. The molecule has 0 bridgehead atoms. The number of ether oxygens (including phenoxy) is 2. The molecule has 1 heterocycles. The van der Waals surface area contributed by atoms with E-state index in [0.29, 0.717) is 31.3 Å². The van der Waals surface area contributed by atoms with E-state index in [-0.39, 0.29) is 4.90 Å². The van der Waals surface area contributed by atoms with Gasteiger partial charge in [0, 0.05) is 12.6 Å². The largest absolute Gasteiger partial charge is 0.486 e. The van der Waals surface area contributed by atoms with E-state index in [1.807, 2.05) is 39.0 Å². The predicted molar refractivity (Wildman–Crippen MR) is 93.6 cm³/mol. The zero-order valence-corrected chi connectivity index (χ0v) is 14.9. The molecule has 6 heteroatoms. The van der Waals surface area contributed by atoms with E-state index in [2.05, 4.69) is 0 Å². The quantitative estimate of drug-likeness (QED) is 0.852. The molecule has 0 saturated carbocycles. The Balaban J connectivity index is 2.08. The van der Waals surface area contributed by atoms with Gasteiger partial charge in [0.15, 0.2) is 11.5 Å². The van der Waals surface area contributed by atoms with Gasteiger partial charge < -0.3 is 9.47 Å². The zero-order chi connectivity index (χ0) is 17.3. The predicted octanol–water partition coefficient (Wildman–Crippen LogP) is 3.29. The minimum absolute atomic E-state index is 0.205. The van der Waals surface area contributed by atoms with E-state index < -0.39 is 10.0 Å². The van der Waals surface area contributed by atoms with Gasteiger partial charge in [-0.1, -0.05) is 18.2 Å². The maximum Gasteiger partial charge on any atom is 0.264 e. The van der Waals surface area contributed by atoms with E-state index in [4.69, 9.17) is 9.47 Å². The van der Waals surface area contributed by atoms with Crippen LogP contribution in [-0.4, -0.2) is 28.2 Å². The highest BCUT2D eigenvalue weighted by Gasteiger charge is 2.27. The third-order valence-electron chi connectivity index (χ3n) is 4.08. The summed E-state index contributed by atoms with van der Waals surface area (Å²) in [5.74, 6) is 1.05. The molecule has 5 nitrogen and oxygen atoms in total. The Morgan fingerprint density at radius 1 is 1.00 bits per heavy atom. The number of benzene rings is 2. The molecule has 0 amide bonds. The van der Waals surface area contributed by atoms with Crippen molar-refractivity contribution in [3.63, 3.8) is 0 Å². The summed E-state index contributed by atoms with van der Waals surface area (Å²) < 4.78 is 38.8. The van der Waals surface area contributed by atoms with Crippen LogP contribution in [0.4, 0.5) is 5.69 Å². The van der Waals surface area contributed by atoms with E-state index in [1.54, 1.807) is 18.2 Å². The second-order valence-electron chi connectivity index (χ2n) is 5.72. The Morgan fingerprint density at radius 2 is 1.62 bits per heavy atom. The molecule has 0 spiro atoms. The number of hydrogen-bond donors (Lipinski definition) is 0. The average Bonchev–Trinajstić information content (AvgIpc) is 2.57. The summed E-state index contributed by atoms with van der Waals surface area (Å²) in [6, 6.07) is 10.5. The Morgan fingerprint density at radius 3 is 2.25 bits per heavy atom. The van der Waals surface area contributed by atoms with Gasteiger partial charge in [-0.15, -0.1) is 0 Å². The van der Waals surface area contributed by atoms with Crippen molar-refractivity contribution in [1.82, 2.24) is 0 Å². The molecule has 2 aromatic rings. The lowest BCUT2D eigenvalue weighted by Gasteiger charge is -2.27. The van der Waals surface area contributed by atoms with Crippen LogP contribution < -0.4 is 13.8 Å². The fraction of sp³-hybridized carbons (Fsp3) is 0.333. The van der Waals surface area contributed by atoms with Crippen molar-refractivity contribution in [3.05, 3.63) is 47.5 Å². The first-order valence-corrected chi connectivity index (χ1v) is 9.37. The Labute approximate surface area is 142 Å². The number of hydrogen-bond acceptors (Lipinski definition) is 4. The number of sulfonamides is 1. The fourth-order valence-electron chi connectivity index (χ4n) is 2.96. The number of aryl methyl sites for hydroxylation is 2. The summed E-state index contributed by atoms with van der Waals surface area (Å²) in [5, 5.41) is 0. The summed E-state index contributed by atoms with van der Waals surface area (Å²) in [5.41, 5.74) is 2.59. The number of nitrogens with zero attached hydrogens (tertiary/aromatic N) is 1. The van der Waals surface area contributed by atoms with Crippen LogP contribution in [0.5, 0.6) is 11.5 Å². The molecule has 24 heavy (non-hydrogen) atoms. The lowest BCUT2D eigenvalue weighted by Crippen LogP contribution is -2.32. The first-order valence-electron chi connectivity index (χ1n) is 7.93. The SMILES string of the molecule is CCN(c1c(C)cccc1C)S(=O)(=O)c1ccc2c(c1)OCCO2. The van der Waals surface area contributed by atoms with E-state index >= 15 is 0 Å². The summed E-state index contributed by atoms with van der Waals surface area (Å²) >= 11 is 0. The van der Waals surface area contributed by atoms with Crippen molar-refractivity contribution < 1.29 is 17.9 Å². The molecule has 0 saturated heterocycles. The second kappa shape index (κ2) is 6.36. The Kier molecular flexibility index (Phi) is 4.41.